The fourth-order valence-corrected chi connectivity index (χ4v) is 7.77. The van der Waals surface area contributed by atoms with Crippen molar-refractivity contribution >= 4 is 43.9 Å². The second-order valence-corrected chi connectivity index (χ2v) is 14.0. The highest BCUT2D eigenvalue weighted by Gasteiger charge is 2.17. The van der Waals surface area contributed by atoms with E-state index in [0.29, 0.717) is 17.5 Å². The summed E-state index contributed by atoms with van der Waals surface area (Å²) in [4.78, 5) is 15.2. The molecule has 0 spiro atoms. The van der Waals surface area contributed by atoms with Gasteiger partial charge < -0.3 is 8.83 Å². The summed E-state index contributed by atoms with van der Waals surface area (Å²) >= 11 is 0. The van der Waals surface area contributed by atoms with Gasteiger partial charge in [-0.05, 0) is 81.9 Å². The third-order valence-corrected chi connectivity index (χ3v) is 10.6. The second-order valence-electron chi connectivity index (χ2n) is 14.0. The van der Waals surface area contributed by atoms with Crippen molar-refractivity contribution in [1.82, 2.24) is 15.0 Å². The molecule has 0 aliphatic heterocycles. The average Bonchev–Trinajstić information content (AvgIpc) is 3.85. The van der Waals surface area contributed by atoms with Gasteiger partial charge in [0.05, 0.1) is 0 Å². The first-order chi connectivity index (χ1) is 27.7. The van der Waals surface area contributed by atoms with Crippen LogP contribution in [0.4, 0.5) is 0 Å². The van der Waals surface area contributed by atoms with Gasteiger partial charge in [0.1, 0.15) is 22.3 Å². The van der Waals surface area contributed by atoms with Crippen molar-refractivity contribution in [3.63, 3.8) is 0 Å². The van der Waals surface area contributed by atoms with E-state index in [9.17, 15) is 0 Å². The molecule has 0 aliphatic rings. The highest BCUT2D eigenvalue weighted by molar-refractivity contribution is 6.13. The maximum absolute atomic E-state index is 6.44. The molecular formula is C51H31N3O2. The minimum Gasteiger partial charge on any atom is -0.456 e. The maximum Gasteiger partial charge on any atom is 0.164 e. The molecule has 56 heavy (non-hydrogen) atoms. The topological polar surface area (TPSA) is 65.0 Å². The van der Waals surface area contributed by atoms with Crippen LogP contribution < -0.4 is 0 Å². The molecule has 0 saturated heterocycles. The molecule has 0 fully saturated rings. The largest absolute Gasteiger partial charge is 0.456 e. The van der Waals surface area contributed by atoms with E-state index >= 15 is 0 Å². The third kappa shape index (κ3) is 5.53. The van der Waals surface area contributed by atoms with Crippen molar-refractivity contribution in [3.8, 4) is 67.5 Å². The summed E-state index contributed by atoms with van der Waals surface area (Å²) in [6.07, 6.45) is 0. The van der Waals surface area contributed by atoms with Crippen LogP contribution in [-0.2, 0) is 0 Å². The van der Waals surface area contributed by atoms with Crippen molar-refractivity contribution in [2.24, 2.45) is 0 Å². The standard InChI is InChI=1S/C51H31N3O2/c1-3-11-32(12-4-1)33-21-23-34(24-22-33)36-25-27-46-43(30-36)48-40(18-10-20-47(48)56-46)37-15-9-16-38(29-37)50-52-49(35-13-5-2-6-14-35)53-51(54-50)39-26-28-45-42(31-39)41-17-7-8-19-44(41)55-45/h1-31H. The zero-order chi connectivity index (χ0) is 37.0. The molecule has 0 atom stereocenters. The predicted molar refractivity (Wildman–Crippen MR) is 227 cm³/mol. The SMILES string of the molecule is c1ccc(-c2ccc(-c3ccc4oc5cccc(-c6cccc(-c7nc(-c8ccccc8)nc(-c8ccc9oc%10ccccc%10c9c8)n7)c6)c5c4c3)cc2)cc1. The number of hydrogen-bond acceptors (Lipinski definition) is 5. The highest BCUT2D eigenvalue weighted by Crippen LogP contribution is 2.40. The molecule has 0 saturated carbocycles. The molecule has 0 unspecified atom stereocenters. The van der Waals surface area contributed by atoms with Gasteiger partial charge in [0.2, 0.25) is 0 Å². The van der Waals surface area contributed by atoms with Crippen LogP contribution in [0.5, 0.6) is 0 Å². The summed E-state index contributed by atoms with van der Waals surface area (Å²) < 4.78 is 12.6. The van der Waals surface area contributed by atoms with Gasteiger partial charge >= 0.3 is 0 Å². The number of aromatic nitrogens is 3. The quantitative estimate of drug-likeness (QED) is 0.171. The molecule has 11 rings (SSSR count). The molecule has 5 heteroatoms. The summed E-state index contributed by atoms with van der Waals surface area (Å²) in [5.41, 5.74) is 12.9. The molecular weight excluding hydrogens is 687 g/mol. The van der Waals surface area contributed by atoms with Crippen LogP contribution >= 0.6 is 0 Å². The van der Waals surface area contributed by atoms with E-state index < -0.39 is 0 Å². The fraction of sp³-hybridized carbons (Fsp3) is 0. The van der Waals surface area contributed by atoms with E-state index in [0.717, 1.165) is 82.8 Å². The highest BCUT2D eigenvalue weighted by atomic mass is 16.3. The van der Waals surface area contributed by atoms with Crippen LogP contribution in [-0.4, -0.2) is 15.0 Å². The normalized spacial score (nSPS) is 11.6. The maximum atomic E-state index is 6.44. The number of hydrogen-bond donors (Lipinski definition) is 0. The minimum absolute atomic E-state index is 0.596. The summed E-state index contributed by atoms with van der Waals surface area (Å²) in [6.45, 7) is 0. The zero-order valence-electron chi connectivity index (χ0n) is 30.1. The number of fused-ring (bicyclic) bond motifs is 6. The van der Waals surface area contributed by atoms with Gasteiger partial charge in [0.15, 0.2) is 17.5 Å². The van der Waals surface area contributed by atoms with Crippen molar-refractivity contribution in [1.29, 1.82) is 0 Å². The van der Waals surface area contributed by atoms with E-state index in [2.05, 4.69) is 115 Å². The number of para-hydroxylation sites is 1. The molecule has 3 heterocycles. The Hall–Kier alpha value is -7.63. The van der Waals surface area contributed by atoms with Gasteiger partial charge in [-0.15, -0.1) is 0 Å². The van der Waals surface area contributed by atoms with Crippen LogP contribution in [0.25, 0.3) is 111 Å². The van der Waals surface area contributed by atoms with Crippen molar-refractivity contribution in [2.45, 2.75) is 0 Å². The van der Waals surface area contributed by atoms with Crippen LogP contribution in [0.1, 0.15) is 0 Å². The van der Waals surface area contributed by atoms with Crippen molar-refractivity contribution in [2.75, 3.05) is 0 Å². The second kappa shape index (κ2) is 13.0. The number of rotatable bonds is 6. The lowest BCUT2D eigenvalue weighted by molar-refractivity contribution is 0.668. The van der Waals surface area contributed by atoms with Crippen LogP contribution in [0.15, 0.2) is 197 Å². The van der Waals surface area contributed by atoms with Gasteiger partial charge in [0, 0.05) is 38.2 Å². The minimum atomic E-state index is 0.596. The molecule has 0 radical (unpaired) electrons. The van der Waals surface area contributed by atoms with Crippen molar-refractivity contribution in [3.05, 3.63) is 188 Å². The van der Waals surface area contributed by atoms with Crippen LogP contribution in [0.2, 0.25) is 0 Å². The number of nitrogens with zero attached hydrogens (tertiary/aromatic N) is 3. The van der Waals surface area contributed by atoms with Gasteiger partial charge in [0.25, 0.3) is 0 Å². The summed E-state index contributed by atoms with van der Waals surface area (Å²) in [5.74, 6) is 1.80. The molecule has 262 valence electrons. The van der Waals surface area contributed by atoms with Gasteiger partial charge in [-0.1, -0.05) is 140 Å². The lowest BCUT2D eigenvalue weighted by atomic mass is 9.95. The van der Waals surface area contributed by atoms with Crippen molar-refractivity contribution < 1.29 is 8.83 Å². The number of benzene rings is 8. The molecule has 8 aromatic carbocycles. The monoisotopic (exact) mass is 717 g/mol. The molecule has 11 aromatic rings. The first-order valence-electron chi connectivity index (χ1n) is 18.7. The number of furan rings is 2. The lowest BCUT2D eigenvalue weighted by Gasteiger charge is -2.10. The Labute approximate surface area is 322 Å². The fourth-order valence-electron chi connectivity index (χ4n) is 7.77. The van der Waals surface area contributed by atoms with E-state index in [1.807, 2.05) is 72.8 Å². The Bertz CT molecular complexity index is 3240. The Morgan fingerprint density at radius 2 is 0.732 bits per heavy atom. The third-order valence-electron chi connectivity index (χ3n) is 10.6. The molecule has 0 aliphatic carbocycles. The first-order valence-corrected chi connectivity index (χ1v) is 18.7. The Balaban J connectivity index is 1.02. The summed E-state index contributed by atoms with van der Waals surface area (Å²) in [7, 11) is 0. The van der Waals surface area contributed by atoms with E-state index in [4.69, 9.17) is 23.8 Å². The molecule has 0 bridgehead atoms. The summed E-state index contributed by atoms with van der Waals surface area (Å²) in [6, 6.07) is 64.7. The smallest absolute Gasteiger partial charge is 0.164 e. The molecule has 5 nitrogen and oxygen atoms in total. The molecule has 3 aromatic heterocycles. The molecule has 0 amide bonds. The van der Waals surface area contributed by atoms with E-state index in [1.54, 1.807) is 0 Å². The van der Waals surface area contributed by atoms with Crippen LogP contribution in [0, 0.1) is 0 Å². The summed E-state index contributed by atoms with van der Waals surface area (Å²) in [5, 5.41) is 4.23. The molecule has 0 N–H and O–H groups in total. The van der Waals surface area contributed by atoms with E-state index in [1.165, 1.54) is 11.1 Å². The Morgan fingerprint density at radius 3 is 1.50 bits per heavy atom. The van der Waals surface area contributed by atoms with Gasteiger partial charge in [-0.2, -0.15) is 0 Å². The zero-order valence-corrected chi connectivity index (χ0v) is 30.1. The lowest BCUT2D eigenvalue weighted by Crippen LogP contribution is -2.00. The van der Waals surface area contributed by atoms with Crippen LogP contribution in [0.3, 0.4) is 0 Å². The first kappa shape index (κ1) is 31.9. The Morgan fingerprint density at radius 1 is 0.268 bits per heavy atom. The van der Waals surface area contributed by atoms with E-state index in [-0.39, 0.29) is 0 Å². The predicted octanol–water partition coefficient (Wildman–Crippen LogP) is 13.7. The van der Waals surface area contributed by atoms with Gasteiger partial charge in [-0.25, -0.2) is 15.0 Å². The average molecular weight is 718 g/mol. The Kier molecular flexibility index (Phi) is 7.42. The van der Waals surface area contributed by atoms with Gasteiger partial charge in [-0.3, -0.25) is 0 Å².